The second-order valence-corrected chi connectivity index (χ2v) is 4.46. The zero-order valence-electron chi connectivity index (χ0n) is 11.4. The van der Waals surface area contributed by atoms with E-state index in [9.17, 15) is 5.11 Å². The highest BCUT2D eigenvalue weighted by molar-refractivity contribution is 5.30. The van der Waals surface area contributed by atoms with Gasteiger partial charge in [0.25, 0.3) is 0 Å². The smallest absolute Gasteiger partial charge is 0.0519 e. The molecule has 0 fully saturated rings. The van der Waals surface area contributed by atoms with Crippen LogP contribution >= 0.6 is 0 Å². The quantitative estimate of drug-likeness (QED) is 0.652. The number of aliphatic hydroxyl groups excluding tert-OH is 1. The SMILES string of the molecule is CC/C=C(NC)\C(=C\[C@@](C)(CC)CO)CC. The van der Waals surface area contributed by atoms with Crippen molar-refractivity contribution < 1.29 is 5.11 Å². The van der Waals surface area contributed by atoms with E-state index in [1.807, 2.05) is 7.05 Å². The Morgan fingerprint density at radius 2 is 1.94 bits per heavy atom. The summed E-state index contributed by atoms with van der Waals surface area (Å²) in [6, 6.07) is 0. The van der Waals surface area contributed by atoms with Crippen LogP contribution in [0.5, 0.6) is 0 Å². The molecule has 2 heteroatoms. The van der Waals surface area contributed by atoms with Gasteiger partial charge >= 0.3 is 0 Å². The van der Waals surface area contributed by atoms with Crippen molar-refractivity contribution in [2.45, 2.75) is 47.0 Å². The summed E-state index contributed by atoms with van der Waals surface area (Å²) in [4.78, 5) is 0. The second kappa shape index (κ2) is 7.50. The normalized spacial score (nSPS) is 17.1. The van der Waals surface area contributed by atoms with Crippen LogP contribution in [0.4, 0.5) is 0 Å². The van der Waals surface area contributed by atoms with Crippen LogP contribution in [0.1, 0.15) is 47.0 Å². The second-order valence-electron chi connectivity index (χ2n) is 4.46. The molecule has 0 rings (SSSR count). The number of hydrogen-bond donors (Lipinski definition) is 2. The summed E-state index contributed by atoms with van der Waals surface area (Å²) in [5.74, 6) is 0. The third-order valence-corrected chi connectivity index (χ3v) is 3.10. The predicted molar refractivity (Wildman–Crippen MR) is 71.3 cm³/mol. The van der Waals surface area contributed by atoms with Crippen molar-refractivity contribution in [1.29, 1.82) is 0 Å². The first-order chi connectivity index (χ1) is 7.56. The molecular weight excluding hydrogens is 198 g/mol. The molecule has 1 atom stereocenters. The highest BCUT2D eigenvalue weighted by Crippen LogP contribution is 2.26. The van der Waals surface area contributed by atoms with Gasteiger partial charge < -0.3 is 10.4 Å². The van der Waals surface area contributed by atoms with Crippen LogP contribution in [0, 0.1) is 5.41 Å². The van der Waals surface area contributed by atoms with E-state index in [-0.39, 0.29) is 12.0 Å². The largest absolute Gasteiger partial charge is 0.395 e. The van der Waals surface area contributed by atoms with Gasteiger partial charge in [0, 0.05) is 18.2 Å². The number of nitrogens with one attached hydrogen (secondary N) is 1. The average Bonchev–Trinajstić information content (AvgIpc) is 2.33. The van der Waals surface area contributed by atoms with Crippen molar-refractivity contribution in [2.24, 2.45) is 5.41 Å². The van der Waals surface area contributed by atoms with Gasteiger partial charge in [-0.2, -0.15) is 0 Å². The summed E-state index contributed by atoms with van der Waals surface area (Å²) in [7, 11) is 1.95. The molecule has 2 N–H and O–H groups in total. The molecule has 0 aliphatic rings. The van der Waals surface area contributed by atoms with Crippen molar-refractivity contribution in [1.82, 2.24) is 5.32 Å². The van der Waals surface area contributed by atoms with Crippen LogP contribution in [-0.4, -0.2) is 18.8 Å². The summed E-state index contributed by atoms with van der Waals surface area (Å²) >= 11 is 0. The van der Waals surface area contributed by atoms with Gasteiger partial charge in [-0.1, -0.05) is 39.8 Å². The topological polar surface area (TPSA) is 32.3 Å². The molecule has 94 valence electrons. The number of aliphatic hydroxyl groups is 1. The maximum atomic E-state index is 9.43. The predicted octanol–water partition coefficient (Wildman–Crippen LogP) is 3.24. The molecular formula is C14H27NO. The van der Waals surface area contributed by atoms with Crippen LogP contribution in [0.25, 0.3) is 0 Å². The van der Waals surface area contributed by atoms with Gasteiger partial charge in [-0.25, -0.2) is 0 Å². The molecule has 0 radical (unpaired) electrons. The molecule has 0 aliphatic carbocycles. The third-order valence-electron chi connectivity index (χ3n) is 3.10. The molecule has 0 saturated carbocycles. The summed E-state index contributed by atoms with van der Waals surface area (Å²) in [6.07, 6.45) is 7.38. The van der Waals surface area contributed by atoms with Gasteiger partial charge in [0.2, 0.25) is 0 Å². The van der Waals surface area contributed by atoms with E-state index in [1.54, 1.807) is 0 Å². The maximum Gasteiger partial charge on any atom is 0.0519 e. The highest BCUT2D eigenvalue weighted by atomic mass is 16.3. The Kier molecular flexibility index (Phi) is 7.15. The van der Waals surface area contributed by atoms with Crippen LogP contribution in [0.15, 0.2) is 23.4 Å². The Hall–Kier alpha value is -0.760. The van der Waals surface area contributed by atoms with E-state index in [0.717, 1.165) is 19.3 Å². The number of likely N-dealkylation sites (N-methyl/N-ethyl adjacent to an activating group) is 1. The van der Waals surface area contributed by atoms with Crippen molar-refractivity contribution in [3.8, 4) is 0 Å². The molecule has 0 saturated heterocycles. The van der Waals surface area contributed by atoms with Crippen molar-refractivity contribution in [3.05, 3.63) is 23.4 Å². The number of rotatable bonds is 7. The number of hydrogen-bond acceptors (Lipinski definition) is 2. The summed E-state index contributed by atoms with van der Waals surface area (Å²) < 4.78 is 0. The lowest BCUT2D eigenvalue weighted by molar-refractivity contribution is 0.179. The summed E-state index contributed by atoms with van der Waals surface area (Å²) in [5.41, 5.74) is 2.38. The molecule has 0 aliphatic heterocycles. The molecule has 16 heavy (non-hydrogen) atoms. The lowest BCUT2D eigenvalue weighted by Gasteiger charge is -2.24. The minimum atomic E-state index is -0.102. The van der Waals surface area contributed by atoms with E-state index in [1.165, 1.54) is 11.3 Å². The van der Waals surface area contributed by atoms with Gasteiger partial charge in [-0.15, -0.1) is 0 Å². The van der Waals surface area contributed by atoms with E-state index in [2.05, 4.69) is 45.2 Å². The average molecular weight is 225 g/mol. The van der Waals surface area contributed by atoms with Crippen LogP contribution < -0.4 is 5.32 Å². The van der Waals surface area contributed by atoms with Crippen LogP contribution in [-0.2, 0) is 0 Å². The zero-order chi connectivity index (χ0) is 12.6. The first-order valence-corrected chi connectivity index (χ1v) is 6.27. The molecule has 0 bridgehead atoms. The van der Waals surface area contributed by atoms with Crippen molar-refractivity contribution >= 4 is 0 Å². The molecule has 0 aromatic heterocycles. The Balaban J connectivity index is 5.10. The van der Waals surface area contributed by atoms with Gasteiger partial charge in [-0.05, 0) is 24.8 Å². The van der Waals surface area contributed by atoms with Gasteiger partial charge in [0.1, 0.15) is 0 Å². The van der Waals surface area contributed by atoms with E-state index >= 15 is 0 Å². The fraction of sp³-hybridized carbons (Fsp3) is 0.714. The zero-order valence-corrected chi connectivity index (χ0v) is 11.4. The fourth-order valence-electron chi connectivity index (χ4n) is 1.65. The fourth-order valence-corrected chi connectivity index (χ4v) is 1.65. The van der Waals surface area contributed by atoms with Gasteiger partial charge in [0.15, 0.2) is 0 Å². The molecule has 0 heterocycles. The minimum absolute atomic E-state index is 0.102. The lowest BCUT2D eigenvalue weighted by Crippen LogP contribution is -2.19. The molecule has 0 spiro atoms. The Morgan fingerprint density at radius 3 is 2.25 bits per heavy atom. The summed E-state index contributed by atoms with van der Waals surface area (Å²) in [5, 5.41) is 12.7. The minimum Gasteiger partial charge on any atom is -0.395 e. The standard InChI is InChI=1S/C14H27NO/c1-6-9-13(15-5)12(7-2)10-14(4,8-3)11-16/h9-10,15-16H,6-8,11H2,1-5H3/b12-10+,13-9+/t14-/m1/s1. The monoisotopic (exact) mass is 225 g/mol. The summed E-state index contributed by atoms with van der Waals surface area (Å²) in [6.45, 7) is 8.70. The third kappa shape index (κ3) is 4.40. The van der Waals surface area contributed by atoms with Gasteiger partial charge in [-0.3, -0.25) is 0 Å². The molecule has 2 nitrogen and oxygen atoms in total. The van der Waals surface area contributed by atoms with E-state index in [0.29, 0.717) is 0 Å². The molecule has 0 amide bonds. The van der Waals surface area contributed by atoms with Gasteiger partial charge in [0.05, 0.1) is 6.61 Å². The lowest BCUT2D eigenvalue weighted by atomic mass is 9.85. The highest BCUT2D eigenvalue weighted by Gasteiger charge is 2.19. The Morgan fingerprint density at radius 1 is 1.31 bits per heavy atom. The molecule has 0 unspecified atom stereocenters. The Bertz CT molecular complexity index is 249. The molecule has 0 aromatic rings. The van der Waals surface area contributed by atoms with Crippen LogP contribution in [0.2, 0.25) is 0 Å². The Labute approximate surface area is 100 Å². The van der Waals surface area contributed by atoms with E-state index in [4.69, 9.17) is 0 Å². The molecule has 0 aromatic carbocycles. The number of allylic oxidation sites excluding steroid dienone is 2. The maximum absolute atomic E-state index is 9.43. The first kappa shape index (κ1) is 15.2. The van der Waals surface area contributed by atoms with Crippen molar-refractivity contribution in [3.63, 3.8) is 0 Å². The van der Waals surface area contributed by atoms with Crippen molar-refractivity contribution in [2.75, 3.05) is 13.7 Å². The van der Waals surface area contributed by atoms with Crippen LogP contribution in [0.3, 0.4) is 0 Å². The van der Waals surface area contributed by atoms with E-state index < -0.39 is 0 Å². The first-order valence-electron chi connectivity index (χ1n) is 6.27.